The SMILES string of the molecule is O=C(NCCO)NC(c1ccc(Cl)cc1)C1CCC1. The zero-order valence-electron chi connectivity index (χ0n) is 10.7. The summed E-state index contributed by atoms with van der Waals surface area (Å²) >= 11 is 5.89. The third-order valence-electron chi connectivity index (χ3n) is 3.53. The van der Waals surface area contributed by atoms with Crippen LogP contribution >= 0.6 is 11.6 Å². The minimum absolute atomic E-state index is 0.0182. The quantitative estimate of drug-likeness (QED) is 0.777. The van der Waals surface area contributed by atoms with Crippen LogP contribution in [0.15, 0.2) is 24.3 Å². The lowest BCUT2D eigenvalue weighted by atomic mass is 9.77. The Hall–Kier alpha value is -1.26. The summed E-state index contributed by atoms with van der Waals surface area (Å²) in [6.45, 7) is 0.215. The molecule has 1 aliphatic carbocycles. The van der Waals surface area contributed by atoms with Gasteiger partial charge in [-0.05, 0) is 36.5 Å². The van der Waals surface area contributed by atoms with Gasteiger partial charge in [-0.25, -0.2) is 4.79 Å². The fourth-order valence-corrected chi connectivity index (χ4v) is 2.40. The highest BCUT2D eigenvalue weighted by atomic mass is 35.5. The number of carbonyl (C=O) groups excluding carboxylic acids is 1. The van der Waals surface area contributed by atoms with Gasteiger partial charge < -0.3 is 15.7 Å². The number of rotatable bonds is 5. The summed E-state index contributed by atoms with van der Waals surface area (Å²) in [4.78, 5) is 11.7. The monoisotopic (exact) mass is 282 g/mol. The molecule has 1 fully saturated rings. The first-order valence-electron chi connectivity index (χ1n) is 6.61. The van der Waals surface area contributed by atoms with E-state index in [2.05, 4.69) is 10.6 Å². The van der Waals surface area contributed by atoms with E-state index < -0.39 is 0 Å². The molecule has 1 unspecified atom stereocenters. The molecule has 1 saturated carbocycles. The van der Waals surface area contributed by atoms with Crippen LogP contribution < -0.4 is 10.6 Å². The third-order valence-corrected chi connectivity index (χ3v) is 3.79. The van der Waals surface area contributed by atoms with Crippen molar-refractivity contribution < 1.29 is 9.90 Å². The molecule has 0 heterocycles. The molecular formula is C14H19ClN2O2. The van der Waals surface area contributed by atoms with Crippen LogP contribution in [0.1, 0.15) is 30.9 Å². The highest BCUT2D eigenvalue weighted by molar-refractivity contribution is 6.30. The Bertz CT molecular complexity index is 418. The van der Waals surface area contributed by atoms with Crippen molar-refractivity contribution in [3.8, 4) is 0 Å². The number of amides is 2. The normalized spacial score (nSPS) is 16.5. The van der Waals surface area contributed by atoms with Crippen LogP contribution in [-0.4, -0.2) is 24.3 Å². The van der Waals surface area contributed by atoms with Gasteiger partial charge in [0.1, 0.15) is 0 Å². The van der Waals surface area contributed by atoms with Crippen LogP contribution in [0.2, 0.25) is 5.02 Å². The Morgan fingerprint density at radius 2 is 2.05 bits per heavy atom. The molecule has 1 aromatic rings. The lowest BCUT2D eigenvalue weighted by molar-refractivity contribution is 0.205. The van der Waals surface area contributed by atoms with Gasteiger partial charge in [0.25, 0.3) is 0 Å². The fraction of sp³-hybridized carbons (Fsp3) is 0.500. The van der Waals surface area contributed by atoms with Crippen LogP contribution in [0.4, 0.5) is 4.79 Å². The van der Waals surface area contributed by atoms with Gasteiger partial charge in [0, 0.05) is 11.6 Å². The molecule has 5 heteroatoms. The molecule has 1 aromatic carbocycles. The van der Waals surface area contributed by atoms with Crippen molar-refractivity contribution in [1.29, 1.82) is 0 Å². The van der Waals surface area contributed by atoms with E-state index in [1.54, 1.807) is 0 Å². The Balaban J connectivity index is 2.03. The van der Waals surface area contributed by atoms with E-state index in [4.69, 9.17) is 16.7 Å². The van der Waals surface area contributed by atoms with Gasteiger partial charge in [0.15, 0.2) is 0 Å². The maximum atomic E-state index is 11.7. The van der Waals surface area contributed by atoms with Crippen molar-refractivity contribution in [2.45, 2.75) is 25.3 Å². The minimum Gasteiger partial charge on any atom is -0.395 e. The fourth-order valence-electron chi connectivity index (χ4n) is 2.28. The predicted molar refractivity (Wildman–Crippen MR) is 75.2 cm³/mol. The minimum atomic E-state index is -0.235. The highest BCUT2D eigenvalue weighted by Crippen LogP contribution is 2.37. The summed E-state index contributed by atoms with van der Waals surface area (Å²) < 4.78 is 0. The Morgan fingerprint density at radius 3 is 2.58 bits per heavy atom. The number of halogens is 1. The molecule has 0 aliphatic heterocycles. The number of aliphatic hydroxyl groups excluding tert-OH is 1. The van der Waals surface area contributed by atoms with E-state index >= 15 is 0 Å². The van der Waals surface area contributed by atoms with Gasteiger partial charge in [-0.2, -0.15) is 0 Å². The molecule has 0 spiro atoms. The molecule has 104 valence electrons. The van der Waals surface area contributed by atoms with Crippen LogP contribution in [0.25, 0.3) is 0 Å². The molecule has 2 rings (SSSR count). The largest absolute Gasteiger partial charge is 0.395 e. The van der Waals surface area contributed by atoms with Gasteiger partial charge >= 0.3 is 6.03 Å². The Morgan fingerprint density at radius 1 is 1.37 bits per heavy atom. The van der Waals surface area contributed by atoms with Crippen molar-refractivity contribution in [1.82, 2.24) is 10.6 Å². The molecule has 0 saturated heterocycles. The number of aliphatic hydroxyl groups is 1. The lowest BCUT2D eigenvalue weighted by Gasteiger charge is -2.34. The number of nitrogens with one attached hydrogen (secondary N) is 2. The summed E-state index contributed by atoms with van der Waals surface area (Å²) in [5.41, 5.74) is 1.08. The summed E-state index contributed by atoms with van der Waals surface area (Å²) in [5, 5.41) is 15.0. The first-order chi connectivity index (χ1) is 9.20. The standard InChI is InChI=1S/C14H19ClN2O2/c15-12-6-4-11(5-7-12)13(10-2-1-3-10)17-14(19)16-8-9-18/h4-7,10,13,18H,1-3,8-9H2,(H2,16,17,19). The maximum absolute atomic E-state index is 11.7. The molecule has 0 aromatic heterocycles. The first-order valence-corrected chi connectivity index (χ1v) is 6.99. The van der Waals surface area contributed by atoms with E-state index in [9.17, 15) is 4.79 Å². The number of hydrogen-bond acceptors (Lipinski definition) is 2. The number of carbonyl (C=O) groups is 1. The maximum Gasteiger partial charge on any atom is 0.315 e. The average Bonchev–Trinajstić information content (AvgIpc) is 2.34. The van der Waals surface area contributed by atoms with Crippen molar-refractivity contribution in [2.75, 3.05) is 13.2 Å². The van der Waals surface area contributed by atoms with E-state index in [1.165, 1.54) is 6.42 Å². The van der Waals surface area contributed by atoms with E-state index in [0.717, 1.165) is 18.4 Å². The van der Waals surface area contributed by atoms with Gasteiger partial charge in [-0.15, -0.1) is 0 Å². The number of benzene rings is 1. The zero-order chi connectivity index (χ0) is 13.7. The zero-order valence-corrected chi connectivity index (χ0v) is 11.5. The van der Waals surface area contributed by atoms with Crippen molar-refractivity contribution in [3.05, 3.63) is 34.9 Å². The van der Waals surface area contributed by atoms with Crippen molar-refractivity contribution in [3.63, 3.8) is 0 Å². The third kappa shape index (κ3) is 3.85. The van der Waals surface area contributed by atoms with Crippen LogP contribution in [0, 0.1) is 5.92 Å². The molecule has 2 amide bonds. The second-order valence-corrected chi connectivity index (χ2v) is 5.28. The van der Waals surface area contributed by atoms with Crippen molar-refractivity contribution >= 4 is 17.6 Å². The second-order valence-electron chi connectivity index (χ2n) is 4.84. The molecule has 1 aliphatic rings. The molecule has 3 N–H and O–H groups in total. The van der Waals surface area contributed by atoms with Crippen LogP contribution in [0.5, 0.6) is 0 Å². The lowest BCUT2D eigenvalue weighted by Crippen LogP contribution is -2.42. The van der Waals surface area contributed by atoms with Gasteiger partial charge in [-0.1, -0.05) is 30.2 Å². The molecule has 1 atom stereocenters. The second kappa shape index (κ2) is 6.78. The molecule has 19 heavy (non-hydrogen) atoms. The van der Waals surface area contributed by atoms with Crippen LogP contribution in [-0.2, 0) is 0 Å². The van der Waals surface area contributed by atoms with Gasteiger partial charge in [0.05, 0.1) is 12.6 Å². The van der Waals surface area contributed by atoms with Gasteiger partial charge in [-0.3, -0.25) is 0 Å². The first kappa shape index (κ1) is 14.2. The Labute approximate surface area is 118 Å². The smallest absolute Gasteiger partial charge is 0.315 e. The molecule has 0 bridgehead atoms. The average molecular weight is 283 g/mol. The Kier molecular flexibility index (Phi) is 5.05. The van der Waals surface area contributed by atoms with E-state index in [0.29, 0.717) is 10.9 Å². The summed E-state index contributed by atoms with van der Waals surface area (Å²) in [7, 11) is 0. The molecule has 4 nitrogen and oxygen atoms in total. The van der Waals surface area contributed by atoms with Gasteiger partial charge in [0.2, 0.25) is 0 Å². The van der Waals surface area contributed by atoms with E-state index in [-0.39, 0.29) is 25.2 Å². The molecule has 0 radical (unpaired) electrons. The van der Waals surface area contributed by atoms with Crippen molar-refractivity contribution in [2.24, 2.45) is 5.92 Å². The van der Waals surface area contributed by atoms with Crippen LogP contribution in [0.3, 0.4) is 0 Å². The summed E-state index contributed by atoms with van der Waals surface area (Å²) in [6.07, 6.45) is 3.48. The topological polar surface area (TPSA) is 61.4 Å². The number of urea groups is 1. The molecular weight excluding hydrogens is 264 g/mol. The van der Waals surface area contributed by atoms with E-state index in [1.807, 2.05) is 24.3 Å². The summed E-state index contributed by atoms with van der Waals surface area (Å²) in [6, 6.07) is 7.38. The highest BCUT2D eigenvalue weighted by Gasteiger charge is 2.29. The predicted octanol–water partition coefficient (Wildman–Crippen LogP) is 2.47. The number of hydrogen-bond donors (Lipinski definition) is 3. The summed E-state index contributed by atoms with van der Waals surface area (Å²) in [5.74, 6) is 0.487.